The predicted molar refractivity (Wildman–Crippen MR) is 125 cm³/mol. The van der Waals surface area contributed by atoms with Crippen LogP contribution >= 0.6 is 0 Å². The van der Waals surface area contributed by atoms with Gasteiger partial charge in [-0.2, -0.15) is 0 Å². The molecule has 0 unspecified atom stereocenters. The molecule has 1 heterocycles. The average Bonchev–Trinajstić information content (AvgIpc) is 3.05. The van der Waals surface area contributed by atoms with Gasteiger partial charge in [-0.25, -0.2) is 0 Å². The lowest BCUT2D eigenvalue weighted by molar-refractivity contribution is -0.117. The molecule has 164 valence electrons. The normalized spacial score (nSPS) is 14.4. The highest BCUT2D eigenvalue weighted by Crippen LogP contribution is 2.23. The van der Waals surface area contributed by atoms with Gasteiger partial charge in [-0.1, -0.05) is 42.5 Å². The van der Waals surface area contributed by atoms with Gasteiger partial charge in [0.15, 0.2) is 0 Å². The molecule has 3 aromatic rings. The number of anilines is 1. The Kier molecular flexibility index (Phi) is 7.15. The lowest BCUT2D eigenvalue weighted by atomic mass is 10.2. The molecule has 0 saturated carbocycles. The molecule has 0 radical (unpaired) electrons. The summed E-state index contributed by atoms with van der Waals surface area (Å²) in [6.45, 7) is 3.05. The van der Waals surface area contributed by atoms with E-state index in [4.69, 9.17) is 4.74 Å². The summed E-state index contributed by atoms with van der Waals surface area (Å²) >= 11 is 0. The van der Waals surface area contributed by atoms with Crippen LogP contribution in [0.5, 0.6) is 11.5 Å². The summed E-state index contributed by atoms with van der Waals surface area (Å²) < 4.78 is 5.84. The number of nitrogens with one attached hydrogen (secondary N) is 1. The molecule has 0 aromatic heterocycles. The largest absolute Gasteiger partial charge is 0.457 e. The number of carbonyl (C=O) groups is 2. The molecule has 0 atom stereocenters. The maximum Gasteiger partial charge on any atom is 0.253 e. The maximum atomic E-state index is 12.7. The molecule has 4 rings (SSSR count). The van der Waals surface area contributed by atoms with E-state index in [9.17, 15) is 9.59 Å². The number of ether oxygens (including phenoxy) is 1. The van der Waals surface area contributed by atoms with E-state index in [2.05, 4.69) is 10.2 Å². The van der Waals surface area contributed by atoms with Crippen molar-refractivity contribution >= 4 is 17.5 Å². The Hall–Kier alpha value is -3.64. The fourth-order valence-electron chi connectivity index (χ4n) is 3.76. The van der Waals surface area contributed by atoms with Crippen molar-refractivity contribution in [3.63, 3.8) is 0 Å². The maximum absolute atomic E-state index is 12.7. The van der Waals surface area contributed by atoms with Crippen LogP contribution in [0.3, 0.4) is 0 Å². The van der Waals surface area contributed by atoms with Gasteiger partial charge < -0.3 is 15.0 Å². The van der Waals surface area contributed by atoms with Gasteiger partial charge in [-0.3, -0.25) is 14.5 Å². The van der Waals surface area contributed by atoms with Crippen LogP contribution in [-0.4, -0.2) is 54.3 Å². The van der Waals surface area contributed by atoms with Gasteiger partial charge in [0.1, 0.15) is 11.5 Å². The zero-order valence-corrected chi connectivity index (χ0v) is 17.9. The highest BCUT2D eigenvalue weighted by Gasteiger charge is 2.21. The fourth-order valence-corrected chi connectivity index (χ4v) is 3.76. The van der Waals surface area contributed by atoms with Crippen molar-refractivity contribution in [3.8, 4) is 11.5 Å². The van der Waals surface area contributed by atoms with Crippen molar-refractivity contribution in [1.82, 2.24) is 9.80 Å². The van der Waals surface area contributed by atoms with E-state index in [-0.39, 0.29) is 18.4 Å². The standard InChI is InChI=1S/C26H27N3O3/c30-25(27-22-11-7-14-24(19-22)32-23-12-5-2-6-13-23)20-28-15-8-16-29(18-17-28)26(31)21-9-3-1-4-10-21/h1-7,9-14,19H,8,15-18,20H2,(H,27,30). The minimum absolute atomic E-state index is 0.0483. The second-order valence-corrected chi connectivity index (χ2v) is 7.78. The Morgan fingerprint density at radius 1 is 0.781 bits per heavy atom. The van der Waals surface area contributed by atoms with Crippen molar-refractivity contribution < 1.29 is 14.3 Å². The summed E-state index contributed by atoms with van der Waals surface area (Å²) in [6, 6.07) is 26.2. The van der Waals surface area contributed by atoms with Crippen LogP contribution in [0.2, 0.25) is 0 Å². The second kappa shape index (κ2) is 10.6. The zero-order valence-electron chi connectivity index (χ0n) is 17.9. The van der Waals surface area contributed by atoms with Crippen LogP contribution in [0.1, 0.15) is 16.8 Å². The third kappa shape index (κ3) is 5.95. The number of carbonyl (C=O) groups excluding carboxylic acids is 2. The van der Waals surface area contributed by atoms with Gasteiger partial charge in [0.2, 0.25) is 5.91 Å². The van der Waals surface area contributed by atoms with E-state index < -0.39 is 0 Å². The second-order valence-electron chi connectivity index (χ2n) is 7.78. The lowest BCUT2D eigenvalue weighted by Crippen LogP contribution is -2.38. The van der Waals surface area contributed by atoms with Gasteiger partial charge in [0.25, 0.3) is 5.91 Å². The summed E-state index contributed by atoms with van der Waals surface area (Å²) in [4.78, 5) is 29.3. The van der Waals surface area contributed by atoms with Crippen molar-refractivity contribution in [3.05, 3.63) is 90.5 Å². The smallest absolute Gasteiger partial charge is 0.253 e. The molecular formula is C26H27N3O3. The Balaban J connectivity index is 1.29. The Morgan fingerprint density at radius 3 is 2.28 bits per heavy atom. The number of para-hydroxylation sites is 1. The molecule has 32 heavy (non-hydrogen) atoms. The molecule has 1 aliphatic rings. The van der Waals surface area contributed by atoms with E-state index in [0.717, 1.165) is 18.7 Å². The third-order valence-corrected chi connectivity index (χ3v) is 5.36. The Bertz CT molecular complexity index is 1040. The summed E-state index contributed by atoms with van der Waals surface area (Å²) in [5.41, 5.74) is 1.40. The van der Waals surface area contributed by atoms with Gasteiger partial charge in [0, 0.05) is 43.5 Å². The molecule has 1 saturated heterocycles. The molecule has 0 aliphatic carbocycles. The number of amides is 2. The Labute approximate surface area is 188 Å². The number of nitrogens with zero attached hydrogens (tertiary/aromatic N) is 2. The molecule has 2 amide bonds. The summed E-state index contributed by atoms with van der Waals surface area (Å²) in [7, 11) is 0. The SMILES string of the molecule is O=C(CN1CCCN(C(=O)c2ccccc2)CC1)Nc1cccc(Oc2ccccc2)c1. The van der Waals surface area contributed by atoms with Gasteiger partial charge >= 0.3 is 0 Å². The number of rotatable bonds is 6. The van der Waals surface area contributed by atoms with Crippen LogP contribution in [0.4, 0.5) is 5.69 Å². The average molecular weight is 430 g/mol. The quantitative estimate of drug-likeness (QED) is 0.636. The number of hydrogen-bond acceptors (Lipinski definition) is 4. The van der Waals surface area contributed by atoms with Crippen molar-refractivity contribution in [2.75, 3.05) is 38.0 Å². The van der Waals surface area contributed by atoms with Crippen LogP contribution < -0.4 is 10.1 Å². The first kappa shape index (κ1) is 21.6. The Morgan fingerprint density at radius 2 is 1.50 bits per heavy atom. The third-order valence-electron chi connectivity index (χ3n) is 5.36. The number of hydrogen-bond donors (Lipinski definition) is 1. The van der Waals surface area contributed by atoms with Crippen LogP contribution in [0, 0.1) is 0 Å². The molecule has 0 spiro atoms. The van der Waals surface area contributed by atoms with Gasteiger partial charge in [0.05, 0.1) is 6.54 Å². The van der Waals surface area contributed by atoms with Gasteiger partial charge in [-0.05, 0) is 42.8 Å². The van der Waals surface area contributed by atoms with E-state index >= 15 is 0 Å². The van der Waals surface area contributed by atoms with E-state index in [1.807, 2.05) is 89.8 Å². The van der Waals surface area contributed by atoms with E-state index in [1.54, 1.807) is 0 Å². The lowest BCUT2D eigenvalue weighted by Gasteiger charge is -2.22. The minimum Gasteiger partial charge on any atom is -0.457 e. The first-order valence-electron chi connectivity index (χ1n) is 10.9. The highest BCUT2D eigenvalue weighted by molar-refractivity contribution is 5.94. The zero-order chi connectivity index (χ0) is 22.2. The molecule has 1 fully saturated rings. The monoisotopic (exact) mass is 429 g/mol. The fraction of sp³-hybridized carbons (Fsp3) is 0.231. The molecular weight excluding hydrogens is 402 g/mol. The molecule has 3 aromatic carbocycles. The summed E-state index contributed by atoms with van der Waals surface area (Å²) in [5.74, 6) is 1.38. The van der Waals surface area contributed by atoms with Crippen LogP contribution in [0.15, 0.2) is 84.9 Å². The topological polar surface area (TPSA) is 61.9 Å². The first-order valence-corrected chi connectivity index (χ1v) is 10.9. The van der Waals surface area contributed by atoms with Crippen molar-refractivity contribution in [1.29, 1.82) is 0 Å². The molecule has 0 bridgehead atoms. The van der Waals surface area contributed by atoms with Crippen molar-refractivity contribution in [2.45, 2.75) is 6.42 Å². The predicted octanol–water partition coefficient (Wildman–Crippen LogP) is 4.27. The number of benzene rings is 3. The summed E-state index contributed by atoms with van der Waals surface area (Å²) in [5, 5.41) is 2.95. The van der Waals surface area contributed by atoms with Crippen LogP contribution in [-0.2, 0) is 4.79 Å². The van der Waals surface area contributed by atoms with Gasteiger partial charge in [-0.15, -0.1) is 0 Å². The van der Waals surface area contributed by atoms with Crippen molar-refractivity contribution in [2.24, 2.45) is 0 Å². The summed E-state index contributed by atoms with van der Waals surface area (Å²) in [6.07, 6.45) is 0.840. The van der Waals surface area contributed by atoms with E-state index in [0.29, 0.717) is 36.6 Å². The van der Waals surface area contributed by atoms with E-state index in [1.165, 1.54) is 0 Å². The molecule has 6 heteroatoms. The molecule has 6 nitrogen and oxygen atoms in total. The first-order chi connectivity index (χ1) is 15.7. The minimum atomic E-state index is -0.0790. The van der Waals surface area contributed by atoms with Crippen LogP contribution in [0.25, 0.3) is 0 Å². The molecule has 1 N–H and O–H groups in total. The molecule has 1 aliphatic heterocycles. The highest BCUT2D eigenvalue weighted by atomic mass is 16.5.